The topological polar surface area (TPSA) is 50.4 Å². The molecular formula is C20H24N2O2. The molecule has 0 saturated heterocycles. The molecule has 2 aromatic carbocycles. The maximum atomic E-state index is 11.9. The van der Waals surface area contributed by atoms with Gasteiger partial charge in [0.15, 0.2) is 0 Å². The number of benzene rings is 2. The first kappa shape index (κ1) is 17.8. The van der Waals surface area contributed by atoms with Crippen molar-refractivity contribution in [3.8, 4) is 5.75 Å². The van der Waals surface area contributed by atoms with Crippen molar-refractivity contribution in [2.24, 2.45) is 0 Å². The van der Waals surface area contributed by atoms with E-state index in [0.717, 1.165) is 17.0 Å². The Labute approximate surface area is 143 Å². The molecule has 126 valence electrons. The summed E-state index contributed by atoms with van der Waals surface area (Å²) in [5.74, 6) is 0.738. The predicted octanol–water partition coefficient (Wildman–Crippen LogP) is 3.72. The summed E-state index contributed by atoms with van der Waals surface area (Å²) in [6, 6.07) is 17.5. The fourth-order valence-electron chi connectivity index (χ4n) is 2.26. The third-order valence-electron chi connectivity index (χ3n) is 3.35. The lowest BCUT2D eigenvalue weighted by Crippen LogP contribution is -2.29. The maximum Gasteiger partial charge on any atom is 0.238 e. The molecule has 0 spiro atoms. The van der Waals surface area contributed by atoms with Crippen LogP contribution < -0.4 is 15.4 Å². The number of hydrogen-bond acceptors (Lipinski definition) is 3. The number of carbonyl (C=O) groups is 1. The number of nitrogens with one attached hydrogen (secondary N) is 2. The molecule has 2 N–H and O–H groups in total. The molecule has 0 aliphatic carbocycles. The number of ether oxygens (including phenoxy) is 1. The highest BCUT2D eigenvalue weighted by atomic mass is 16.5. The molecule has 1 amide bonds. The van der Waals surface area contributed by atoms with Gasteiger partial charge in [-0.05, 0) is 43.7 Å². The molecule has 0 aliphatic rings. The van der Waals surface area contributed by atoms with Gasteiger partial charge in [0.2, 0.25) is 5.91 Å². The third-order valence-corrected chi connectivity index (χ3v) is 3.35. The summed E-state index contributed by atoms with van der Waals surface area (Å²) in [6.07, 6.45) is 2.11. The van der Waals surface area contributed by atoms with Crippen molar-refractivity contribution in [3.63, 3.8) is 0 Å². The molecule has 0 radical (unpaired) electrons. The summed E-state index contributed by atoms with van der Waals surface area (Å²) in [5.41, 5.74) is 3.10. The van der Waals surface area contributed by atoms with Crippen molar-refractivity contribution in [3.05, 3.63) is 65.7 Å². The Balaban J connectivity index is 1.74. The van der Waals surface area contributed by atoms with Crippen molar-refractivity contribution in [2.45, 2.75) is 13.8 Å². The molecule has 4 heteroatoms. The number of hydrogen-bond donors (Lipinski definition) is 2. The van der Waals surface area contributed by atoms with E-state index >= 15 is 0 Å². The molecule has 0 heterocycles. The zero-order valence-corrected chi connectivity index (χ0v) is 14.2. The van der Waals surface area contributed by atoms with E-state index in [1.54, 1.807) is 0 Å². The highest BCUT2D eigenvalue weighted by Gasteiger charge is 2.02. The first-order valence-electron chi connectivity index (χ1n) is 8.13. The Hall–Kier alpha value is -2.59. The average molecular weight is 324 g/mol. The summed E-state index contributed by atoms with van der Waals surface area (Å²) in [4.78, 5) is 11.9. The number of amides is 1. The van der Waals surface area contributed by atoms with Crippen LogP contribution in [-0.4, -0.2) is 25.6 Å². The largest absolute Gasteiger partial charge is 0.494 e. The average Bonchev–Trinajstić information content (AvgIpc) is 2.58. The Morgan fingerprint density at radius 1 is 1.04 bits per heavy atom. The number of carbonyl (C=O) groups excluding carboxylic acids is 1. The second kappa shape index (κ2) is 9.53. The van der Waals surface area contributed by atoms with Crippen LogP contribution >= 0.6 is 0 Å². The van der Waals surface area contributed by atoms with Crippen LogP contribution in [0.25, 0.3) is 6.08 Å². The summed E-state index contributed by atoms with van der Waals surface area (Å²) in [5, 5.41) is 6.01. The van der Waals surface area contributed by atoms with Gasteiger partial charge in [-0.25, -0.2) is 0 Å². The van der Waals surface area contributed by atoms with E-state index in [-0.39, 0.29) is 12.5 Å². The zero-order chi connectivity index (χ0) is 17.2. The van der Waals surface area contributed by atoms with Crippen molar-refractivity contribution >= 4 is 17.7 Å². The highest BCUT2D eigenvalue weighted by molar-refractivity contribution is 5.92. The molecule has 0 aliphatic heterocycles. The van der Waals surface area contributed by atoms with Crippen LogP contribution in [-0.2, 0) is 4.79 Å². The maximum absolute atomic E-state index is 11.9. The Morgan fingerprint density at radius 2 is 1.75 bits per heavy atom. The Morgan fingerprint density at radius 3 is 2.42 bits per heavy atom. The molecular weight excluding hydrogens is 300 g/mol. The molecule has 0 fully saturated rings. The lowest BCUT2D eigenvalue weighted by molar-refractivity contribution is -0.115. The molecule has 0 atom stereocenters. The van der Waals surface area contributed by atoms with Crippen molar-refractivity contribution in [1.29, 1.82) is 0 Å². The minimum atomic E-state index is -0.0633. The van der Waals surface area contributed by atoms with Crippen molar-refractivity contribution < 1.29 is 9.53 Å². The second-order valence-electron chi connectivity index (χ2n) is 5.51. The van der Waals surface area contributed by atoms with E-state index in [9.17, 15) is 4.79 Å². The Bertz CT molecular complexity index is 664. The quantitative estimate of drug-likeness (QED) is 0.778. The fourth-order valence-corrected chi connectivity index (χ4v) is 2.26. The van der Waals surface area contributed by atoms with Crippen LogP contribution in [0.3, 0.4) is 0 Å². The number of rotatable bonds is 8. The lowest BCUT2D eigenvalue weighted by atomic mass is 10.1. The van der Waals surface area contributed by atoms with Gasteiger partial charge in [0.25, 0.3) is 0 Å². The van der Waals surface area contributed by atoms with Crippen LogP contribution in [0.4, 0.5) is 5.69 Å². The van der Waals surface area contributed by atoms with Gasteiger partial charge in [-0.15, -0.1) is 0 Å². The fraction of sp³-hybridized carbons (Fsp3) is 0.250. The second-order valence-corrected chi connectivity index (χ2v) is 5.51. The van der Waals surface area contributed by atoms with Crippen LogP contribution in [0.2, 0.25) is 0 Å². The molecule has 0 unspecified atom stereocenters. The molecule has 0 saturated carbocycles. The van der Waals surface area contributed by atoms with Gasteiger partial charge < -0.3 is 15.4 Å². The third kappa shape index (κ3) is 6.26. The van der Waals surface area contributed by atoms with Crippen LogP contribution in [0.1, 0.15) is 19.4 Å². The van der Waals surface area contributed by atoms with Crippen LogP contribution in [0.5, 0.6) is 5.75 Å². The molecule has 0 bridgehead atoms. The highest BCUT2D eigenvalue weighted by Crippen LogP contribution is 2.15. The first-order valence-corrected chi connectivity index (χ1v) is 8.13. The standard InChI is InChI=1S/C20H24N2O2/c1-3-24-19-11-9-18(10-12-19)22-20(23)15-21-14-16(2)13-17-7-5-4-6-8-17/h4-13,21H,3,14-15H2,1-2H3,(H,22,23)/b16-13+. The summed E-state index contributed by atoms with van der Waals surface area (Å²) >= 11 is 0. The molecule has 0 aromatic heterocycles. The summed E-state index contributed by atoms with van der Waals surface area (Å²) in [6.45, 7) is 5.56. The van der Waals surface area contributed by atoms with Gasteiger partial charge in [-0.1, -0.05) is 42.0 Å². The molecule has 4 nitrogen and oxygen atoms in total. The van der Waals surface area contributed by atoms with E-state index in [0.29, 0.717) is 13.2 Å². The summed E-state index contributed by atoms with van der Waals surface area (Å²) < 4.78 is 5.37. The van der Waals surface area contributed by atoms with E-state index < -0.39 is 0 Å². The molecule has 2 aromatic rings. The van der Waals surface area contributed by atoms with Gasteiger partial charge in [-0.2, -0.15) is 0 Å². The van der Waals surface area contributed by atoms with E-state index in [4.69, 9.17) is 4.74 Å². The first-order chi connectivity index (χ1) is 11.7. The zero-order valence-electron chi connectivity index (χ0n) is 14.2. The van der Waals surface area contributed by atoms with E-state index in [2.05, 4.69) is 28.8 Å². The predicted molar refractivity (Wildman–Crippen MR) is 99.2 cm³/mol. The van der Waals surface area contributed by atoms with Crippen LogP contribution in [0.15, 0.2) is 60.2 Å². The van der Waals surface area contributed by atoms with E-state index in [1.165, 1.54) is 5.57 Å². The minimum Gasteiger partial charge on any atom is -0.494 e. The monoisotopic (exact) mass is 324 g/mol. The van der Waals surface area contributed by atoms with E-state index in [1.807, 2.05) is 56.3 Å². The van der Waals surface area contributed by atoms with Crippen molar-refractivity contribution in [2.75, 3.05) is 25.0 Å². The van der Waals surface area contributed by atoms with Crippen molar-refractivity contribution in [1.82, 2.24) is 5.32 Å². The lowest BCUT2D eigenvalue weighted by Gasteiger charge is -2.08. The minimum absolute atomic E-state index is 0.0633. The molecule has 2 rings (SSSR count). The van der Waals surface area contributed by atoms with Gasteiger partial charge in [0, 0.05) is 12.2 Å². The Kier molecular flexibility index (Phi) is 7.05. The van der Waals surface area contributed by atoms with Gasteiger partial charge in [0.1, 0.15) is 5.75 Å². The van der Waals surface area contributed by atoms with Gasteiger partial charge >= 0.3 is 0 Å². The SMILES string of the molecule is CCOc1ccc(NC(=O)CNC/C(C)=C/c2ccccc2)cc1. The van der Waals surface area contributed by atoms with Gasteiger partial charge in [0.05, 0.1) is 13.2 Å². The summed E-state index contributed by atoms with van der Waals surface area (Å²) in [7, 11) is 0. The molecule has 24 heavy (non-hydrogen) atoms. The number of anilines is 1. The van der Waals surface area contributed by atoms with Gasteiger partial charge in [-0.3, -0.25) is 4.79 Å². The van der Waals surface area contributed by atoms with Crippen LogP contribution in [0, 0.1) is 0 Å². The normalized spacial score (nSPS) is 11.2. The smallest absolute Gasteiger partial charge is 0.238 e.